The molecular weight excluding hydrogens is 212 g/mol. The molecule has 4 nitrogen and oxygen atoms in total. The molecule has 96 valence electrons. The monoisotopic (exact) mass is 236 g/mol. The summed E-state index contributed by atoms with van der Waals surface area (Å²) < 4.78 is 1.97. The van der Waals surface area contributed by atoms with Crippen molar-refractivity contribution >= 4 is 11.5 Å². The number of anilines is 2. The molecule has 1 aliphatic rings. The van der Waals surface area contributed by atoms with Crippen LogP contribution < -0.4 is 11.1 Å². The van der Waals surface area contributed by atoms with Crippen LogP contribution in [0.25, 0.3) is 0 Å². The maximum Gasteiger partial charge on any atom is 0.148 e. The van der Waals surface area contributed by atoms with E-state index in [1.807, 2.05) is 11.6 Å². The topological polar surface area (TPSA) is 55.9 Å². The van der Waals surface area contributed by atoms with Gasteiger partial charge in [0.1, 0.15) is 5.82 Å². The van der Waals surface area contributed by atoms with Crippen LogP contribution in [-0.2, 0) is 6.54 Å². The molecule has 0 saturated heterocycles. The fourth-order valence-electron chi connectivity index (χ4n) is 2.73. The number of aromatic nitrogens is 2. The molecule has 1 fully saturated rings. The SMILES string of the molecule is CCn1nc(C)c(N)c1NC1CCC(C)(C)C1. The molecule has 4 heteroatoms. The second-order valence-electron chi connectivity index (χ2n) is 5.91. The average Bonchev–Trinajstić information content (AvgIpc) is 2.73. The number of rotatable bonds is 3. The molecule has 1 atom stereocenters. The molecule has 0 bridgehead atoms. The lowest BCUT2D eigenvalue weighted by atomic mass is 9.92. The van der Waals surface area contributed by atoms with Crippen molar-refractivity contribution in [3.05, 3.63) is 5.69 Å². The van der Waals surface area contributed by atoms with Gasteiger partial charge in [-0.05, 0) is 38.5 Å². The van der Waals surface area contributed by atoms with Crippen LogP contribution in [0.4, 0.5) is 11.5 Å². The van der Waals surface area contributed by atoms with Crippen molar-refractivity contribution in [1.82, 2.24) is 9.78 Å². The van der Waals surface area contributed by atoms with Crippen molar-refractivity contribution in [2.75, 3.05) is 11.1 Å². The van der Waals surface area contributed by atoms with Gasteiger partial charge in [0.25, 0.3) is 0 Å². The predicted octanol–water partition coefficient (Wildman–Crippen LogP) is 2.78. The molecule has 1 unspecified atom stereocenters. The Balaban J connectivity index is 2.14. The van der Waals surface area contributed by atoms with Gasteiger partial charge < -0.3 is 11.1 Å². The molecule has 0 aliphatic heterocycles. The van der Waals surface area contributed by atoms with Crippen molar-refractivity contribution in [3.8, 4) is 0 Å². The van der Waals surface area contributed by atoms with Crippen molar-refractivity contribution in [1.29, 1.82) is 0 Å². The van der Waals surface area contributed by atoms with E-state index < -0.39 is 0 Å². The average molecular weight is 236 g/mol. The number of hydrogen-bond acceptors (Lipinski definition) is 3. The third-order valence-corrected chi connectivity index (χ3v) is 3.78. The van der Waals surface area contributed by atoms with Crippen molar-refractivity contribution in [2.45, 2.75) is 59.5 Å². The predicted molar refractivity (Wildman–Crippen MR) is 72.1 cm³/mol. The van der Waals surface area contributed by atoms with Gasteiger partial charge in [0.2, 0.25) is 0 Å². The first-order valence-electron chi connectivity index (χ1n) is 6.52. The van der Waals surface area contributed by atoms with E-state index in [9.17, 15) is 0 Å². The second kappa shape index (κ2) is 4.24. The molecule has 3 N–H and O–H groups in total. The van der Waals surface area contributed by atoms with E-state index in [0.717, 1.165) is 23.7 Å². The number of nitrogens with zero attached hydrogens (tertiary/aromatic N) is 2. The minimum atomic E-state index is 0.457. The summed E-state index contributed by atoms with van der Waals surface area (Å²) in [6, 6.07) is 0.536. The summed E-state index contributed by atoms with van der Waals surface area (Å²) >= 11 is 0. The molecule has 0 amide bonds. The van der Waals surface area contributed by atoms with Gasteiger partial charge in [-0.2, -0.15) is 5.10 Å². The third-order valence-electron chi connectivity index (χ3n) is 3.78. The summed E-state index contributed by atoms with van der Waals surface area (Å²) in [5.74, 6) is 1.01. The number of nitrogen functional groups attached to an aromatic ring is 1. The van der Waals surface area contributed by atoms with E-state index in [-0.39, 0.29) is 0 Å². The largest absolute Gasteiger partial charge is 0.394 e. The van der Waals surface area contributed by atoms with Crippen molar-refractivity contribution in [2.24, 2.45) is 5.41 Å². The number of nitrogens with one attached hydrogen (secondary N) is 1. The van der Waals surface area contributed by atoms with Crippen LogP contribution in [0, 0.1) is 12.3 Å². The first kappa shape index (κ1) is 12.3. The Morgan fingerprint density at radius 3 is 2.76 bits per heavy atom. The number of nitrogens with two attached hydrogens (primary N) is 1. The Morgan fingerprint density at radius 1 is 1.53 bits per heavy atom. The van der Waals surface area contributed by atoms with Crippen LogP contribution in [0.1, 0.15) is 45.7 Å². The van der Waals surface area contributed by atoms with Crippen LogP contribution >= 0.6 is 0 Å². The lowest BCUT2D eigenvalue weighted by Crippen LogP contribution is -2.20. The first-order chi connectivity index (χ1) is 7.93. The van der Waals surface area contributed by atoms with Gasteiger partial charge in [0.05, 0.1) is 11.4 Å². The van der Waals surface area contributed by atoms with Gasteiger partial charge in [0.15, 0.2) is 0 Å². The molecule has 1 aliphatic carbocycles. The first-order valence-corrected chi connectivity index (χ1v) is 6.52. The van der Waals surface area contributed by atoms with Gasteiger partial charge >= 0.3 is 0 Å². The Hall–Kier alpha value is -1.19. The van der Waals surface area contributed by atoms with E-state index >= 15 is 0 Å². The molecule has 1 saturated carbocycles. The quantitative estimate of drug-likeness (QED) is 0.848. The fourth-order valence-corrected chi connectivity index (χ4v) is 2.73. The zero-order valence-corrected chi connectivity index (χ0v) is 11.4. The summed E-state index contributed by atoms with van der Waals surface area (Å²) in [7, 11) is 0. The zero-order valence-electron chi connectivity index (χ0n) is 11.4. The van der Waals surface area contributed by atoms with Crippen LogP contribution in [0.15, 0.2) is 0 Å². The molecule has 1 aromatic rings. The molecule has 0 aromatic carbocycles. The minimum Gasteiger partial charge on any atom is -0.394 e. The van der Waals surface area contributed by atoms with Gasteiger partial charge in [0, 0.05) is 12.6 Å². The van der Waals surface area contributed by atoms with E-state index in [1.54, 1.807) is 0 Å². The fraction of sp³-hybridized carbons (Fsp3) is 0.769. The standard InChI is InChI=1S/C13H24N4/c1-5-17-12(11(14)9(2)16-17)15-10-6-7-13(3,4)8-10/h10,15H,5-8,14H2,1-4H3. The normalized spacial score (nSPS) is 22.9. The Bertz CT molecular complexity index is 406. The maximum atomic E-state index is 6.08. The highest BCUT2D eigenvalue weighted by atomic mass is 15.3. The molecule has 1 heterocycles. The van der Waals surface area contributed by atoms with Gasteiger partial charge in [-0.25, -0.2) is 4.68 Å². The molecule has 17 heavy (non-hydrogen) atoms. The Morgan fingerprint density at radius 2 is 2.24 bits per heavy atom. The van der Waals surface area contributed by atoms with Crippen LogP contribution in [0.3, 0.4) is 0 Å². The van der Waals surface area contributed by atoms with Crippen molar-refractivity contribution < 1.29 is 0 Å². The van der Waals surface area contributed by atoms with E-state index in [4.69, 9.17) is 5.73 Å². The van der Waals surface area contributed by atoms with E-state index in [0.29, 0.717) is 11.5 Å². The van der Waals surface area contributed by atoms with Crippen molar-refractivity contribution in [3.63, 3.8) is 0 Å². The van der Waals surface area contributed by atoms with Gasteiger partial charge in [-0.15, -0.1) is 0 Å². The van der Waals surface area contributed by atoms with Gasteiger partial charge in [-0.3, -0.25) is 0 Å². The Kier molecular flexibility index (Phi) is 3.06. The summed E-state index contributed by atoms with van der Waals surface area (Å²) in [5.41, 5.74) is 8.26. The summed E-state index contributed by atoms with van der Waals surface area (Å²) in [6.45, 7) is 9.58. The number of hydrogen-bond donors (Lipinski definition) is 2. The maximum absolute atomic E-state index is 6.08. The third kappa shape index (κ3) is 2.40. The second-order valence-corrected chi connectivity index (χ2v) is 5.91. The minimum absolute atomic E-state index is 0.457. The Labute approximate surface area is 104 Å². The highest BCUT2D eigenvalue weighted by Gasteiger charge is 2.31. The van der Waals surface area contributed by atoms with Gasteiger partial charge in [-0.1, -0.05) is 13.8 Å². The summed E-state index contributed by atoms with van der Waals surface area (Å²) in [6.07, 6.45) is 3.71. The van der Waals surface area contributed by atoms with Crippen LogP contribution in [0.5, 0.6) is 0 Å². The zero-order chi connectivity index (χ0) is 12.6. The molecule has 0 spiro atoms. The molecule has 0 radical (unpaired) electrons. The molecule has 1 aromatic heterocycles. The highest BCUT2D eigenvalue weighted by molar-refractivity contribution is 5.65. The number of aryl methyl sites for hydroxylation is 2. The van der Waals surface area contributed by atoms with Crippen LogP contribution in [-0.4, -0.2) is 15.8 Å². The van der Waals surface area contributed by atoms with E-state index in [1.165, 1.54) is 19.3 Å². The van der Waals surface area contributed by atoms with Crippen LogP contribution in [0.2, 0.25) is 0 Å². The smallest absolute Gasteiger partial charge is 0.148 e. The van der Waals surface area contributed by atoms with E-state index in [2.05, 4.69) is 31.2 Å². The lowest BCUT2D eigenvalue weighted by molar-refractivity contribution is 0.378. The molecule has 2 rings (SSSR count). The highest BCUT2D eigenvalue weighted by Crippen LogP contribution is 2.39. The summed E-state index contributed by atoms with van der Waals surface area (Å²) in [5, 5.41) is 8.02. The summed E-state index contributed by atoms with van der Waals surface area (Å²) in [4.78, 5) is 0. The lowest BCUT2D eigenvalue weighted by Gasteiger charge is -2.19. The molecular formula is C13H24N4.